The fourth-order valence-corrected chi connectivity index (χ4v) is 13.6. The van der Waals surface area contributed by atoms with Gasteiger partial charge in [-0.15, -0.1) is 0 Å². The lowest BCUT2D eigenvalue weighted by Gasteiger charge is -2.36. The van der Waals surface area contributed by atoms with Crippen molar-refractivity contribution in [3.63, 3.8) is 0 Å². The molecule has 8 nitrogen and oxygen atoms in total. The lowest BCUT2D eigenvalue weighted by atomic mass is 9.88. The van der Waals surface area contributed by atoms with Crippen LogP contribution in [-0.2, 0) is 0 Å². The second kappa shape index (κ2) is 21.2. The molecule has 0 radical (unpaired) electrons. The Labute approximate surface area is 510 Å². The van der Waals surface area contributed by atoms with Gasteiger partial charge >= 0.3 is 0 Å². The Hall–Kier alpha value is -11.5. The Bertz CT molecular complexity index is 4690. The quantitative estimate of drug-likeness (QED) is 0.112. The Morgan fingerprint density at radius 3 is 0.648 bits per heavy atom. The van der Waals surface area contributed by atoms with Gasteiger partial charge in [0.05, 0.1) is 67.6 Å². The molecule has 4 heterocycles. The Morgan fingerprint density at radius 1 is 0.216 bits per heavy atom. The van der Waals surface area contributed by atoms with Gasteiger partial charge < -0.3 is 19.6 Å². The predicted molar refractivity (Wildman–Crippen MR) is 369 cm³/mol. The number of hydrogen-bond acceptors (Lipinski definition) is 8. The van der Waals surface area contributed by atoms with Crippen LogP contribution in [-0.4, -0.2) is 19.9 Å². The van der Waals surface area contributed by atoms with Gasteiger partial charge in [0, 0.05) is 101 Å². The lowest BCUT2D eigenvalue weighted by Crippen LogP contribution is -2.17. The average molecular weight is 1130 g/mol. The highest BCUT2D eigenvalue weighted by atomic mass is 15.2. The van der Waals surface area contributed by atoms with Crippen molar-refractivity contribution in [1.29, 1.82) is 0 Å². The predicted octanol–water partition coefficient (Wildman–Crippen LogP) is 21.9. The molecule has 0 aliphatic rings. The van der Waals surface area contributed by atoms with Gasteiger partial charge in [0.15, 0.2) is 0 Å². The Morgan fingerprint density at radius 2 is 0.420 bits per heavy atom. The summed E-state index contributed by atoms with van der Waals surface area (Å²) in [6, 6.07) is 92.0. The summed E-state index contributed by atoms with van der Waals surface area (Å²) < 4.78 is 0. The van der Waals surface area contributed by atoms with Crippen molar-refractivity contribution in [2.75, 3.05) is 19.6 Å². The number of fused-ring (bicyclic) bond motifs is 4. The molecule has 418 valence electrons. The largest absolute Gasteiger partial charge is 0.309 e. The van der Waals surface area contributed by atoms with E-state index in [2.05, 4.69) is 302 Å². The fourth-order valence-electron chi connectivity index (χ4n) is 13.6. The minimum Gasteiger partial charge on any atom is -0.309 e. The van der Waals surface area contributed by atoms with E-state index in [1.807, 2.05) is 24.8 Å². The summed E-state index contributed by atoms with van der Waals surface area (Å²) in [4.78, 5) is 30.1. The van der Waals surface area contributed by atoms with Gasteiger partial charge in [0.1, 0.15) is 0 Å². The van der Waals surface area contributed by atoms with Crippen molar-refractivity contribution >= 4 is 144 Å². The number of aromatic nitrogens is 4. The van der Waals surface area contributed by atoms with Crippen LogP contribution in [0.15, 0.2) is 280 Å². The third-order valence-corrected chi connectivity index (χ3v) is 17.4. The van der Waals surface area contributed by atoms with Crippen molar-refractivity contribution in [1.82, 2.24) is 19.9 Å². The first-order chi connectivity index (χ1) is 43.4. The summed E-state index contributed by atoms with van der Waals surface area (Å²) in [5.74, 6) is 0. The third kappa shape index (κ3) is 8.44. The molecule has 0 spiro atoms. The summed E-state index contributed by atoms with van der Waals surface area (Å²) in [5, 5.41) is 10.8. The van der Waals surface area contributed by atoms with E-state index >= 15 is 0 Å². The number of para-hydroxylation sites is 8. The lowest BCUT2D eigenvalue weighted by molar-refractivity contribution is 1.22. The maximum atomic E-state index is 5.05. The van der Waals surface area contributed by atoms with E-state index in [1.54, 1.807) is 0 Å². The number of anilines is 12. The third-order valence-electron chi connectivity index (χ3n) is 17.4. The molecule has 0 aliphatic heterocycles. The van der Waals surface area contributed by atoms with E-state index in [9.17, 15) is 0 Å². The molecule has 0 atom stereocenters. The molecular weight excluding hydrogens is 1070 g/mol. The molecule has 0 unspecified atom stereocenters. The van der Waals surface area contributed by atoms with E-state index in [0.29, 0.717) is 0 Å². The van der Waals surface area contributed by atoms with Crippen LogP contribution in [0.2, 0.25) is 0 Å². The second-order valence-corrected chi connectivity index (χ2v) is 22.8. The topological polar surface area (TPSA) is 64.5 Å². The smallest absolute Gasteiger partial charge is 0.0723 e. The van der Waals surface area contributed by atoms with Gasteiger partial charge in [-0.2, -0.15) is 0 Å². The number of nitrogens with zero attached hydrogens (tertiary/aromatic N) is 8. The van der Waals surface area contributed by atoms with Crippen LogP contribution in [0, 0.1) is 27.7 Å². The standard InChI is InChI=1S/C80H58N8/c1-51-47-81-67-37-21-17-33-59(67)77(51)85(55-25-9-5-10-26-55)71-45-72(86(56-27-11-6-12-28-56)78-52(2)48-82-68-38-22-18-34-60(68)78)64-43-44-66-74(88(58-31-15-8-16-32-58)80-54(4)50-84-70-40-24-20-36-62(70)80)46-73(65-42-41-63(71)75(64)76(65)66)87(57-29-13-7-14-30-57)79-53(3)49-83-69-39-23-19-35-61(69)79/h5-50H,1-4H3. The fraction of sp³-hybridized carbons (Fsp3) is 0.0500. The maximum absolute atomic E-state index is 5.05. The van der Waals surface area contributed by atoms with Crippen molar-refractivity contribution in [3.05, 3.63) is 302 Å². The van der Waals surface area contributed by atoms with Crippen molar-refractivity contribution < 1.29 is 0 Å². The molecule has 0 saturated carbocycles. The molecule has 16 rings (SSSR count). The SMILES string of the molecule is Cc1cnc2ccccc2c1N(c1ccccc1)c1cc(N(c2ccccc2)c2c(C)cnc3ccccc23)c2ccc3c(N(c4ccccc4)c4c(C)cnc5ccccc45)cc(N(c4ccccc4)c4c(C)cnc5ccccc45)c4ccc1c2c43. The summed E-state index contributed by atoms with van der Waals surface area (Å²) in [5.41, 5.74) is 20.2. The van der Waals surface area contributed by atoms with Gasteiger partial charge in [-0.05, 0) is 135 Å². The first-order valence-electron chi connectivity index (χ1n) is 29.9. The molecule has 12 aromatic carbocycles. The van der Waals surface area contributed by atoms with Crippen LogP contribution in [0.3, 0.4) is 0 Å². The molecule has 0 amide bonds. The van der Waals surface area contributed by atoms with Gasteiger partial charge in [-0.25, -0.2) is 0 Å². The zero-order chi connectivity index (χ0) is 59.0. The second-order valence-electron chi connectivity index (χ2n) is 22.8. The molecule has 88 heavy (non-hydrogen) atoms. The summed E-state index contributed by atoms with van der Waals surface area (Å²) in [6.45, 7) is 8.76. The van der Waals surface area contributed by atoms with Gasteiger partial charge in [-0.3, -0.25) is 19.9 Å². The van der Waals surface area contributed by atoms with Gasteiger partial charge in [0.25, 0.3) is 0 Å². The molecule has 8 heteroatoms. The number of pyridine rings is 4. The zero-order valence-corrected chi connectivity index (χ0v) is 49.1. The van der Waals surface area contributed by atoms with Crippen LogP contribution in [0.25, 0.3) is 75.9 Å². The summed E-state index contributed by atoms with van der Waals surface area (Å²) >= 11 is 0. The normalized spacial score (nSPS) is 11.6. The minimum absolute atomic E-state index is 0.918. The zero-order valence-electron chi connectivity index (χ0n) is 49.1. The van der Waals surface area contributed by atoms with Crippen LogP contribution in [0.5, 0.6) is 0 Å². The Kier molecular flexibility index (Phi) is 12.6. The number of aryl methyl sites for hydroxylation is 4. The molecule has 16 aromatic rings. The number of rotatable bonds is 12. The molecule has 0 aliphatic carbocycles. The first-order valence-corrected chi connectivity index (χ1v) is 29.9. The van der Waals surface area contributed by atoms with E-state index in [-0.39, 0.29) is 0 Å². The average Bonchev–Trinajstić information content (AvgIpc) is 0.717. The minimum atomic E-state index is 0.918. The van der Waals surface area contributed by atoms with Crippen LogP contribution >= 0.6 is 0 Å². The molecule has 0 bridgehead atoms. The van der Waals surface area contributed by atoms with E-state index in [4.69, 9.17) is 19.9 Å². The Balaban J connectivity index is 1.15. The van der Waals surface area contributed by atoms with E-state index in [0.717, 1.165) is 166 Å². The van der Waals surface area contributed by atoms with E-state index < -0.39 is 0 Å². The van der Waals surface area contributed by atoms with Gasteiger partial charge in [0.2, 0.25) is 0 Å². The van der Waals surface area contributed by atoms with Crippen LogP contribution in [0.4, 0.5) is 68.2 Å². The van der Waals surface area contributed by atoms with Crippen molar-refractivity contribution in [2.24, 2.45) is 0 Å². The maximum Gasteiger partial charge on any atom is 0.0723 e. The van der Waals surface area contributed by atoms with Crippen molar-refractivity contribution in [2.45, 2.75) is 27.7 Å². The summed E-state index contributed by atoms with van der Waals surface area (Å²) in [6.07, 6.45) is 8.10. The molecule has 0 fully saturated rings. The molecule has 0 saturated heterocycles. The monoisotopic (exact) mass is 1130 g/mol. The van der Waals surface area contributed by atoms with Crippen molar-refractivity contribution in [3.8, 4) is 0 Å². The van der Waals surface area contributed by atoms with Crippen LogP contribution in [0.1, 0.15) is 22.3 Å². The molecular formula is C80H58N8. The highest BCUT2D eigenvalue weighted by molar-refractivity contribution is 6.33. The summed E-state index contributed by atoms with van der Waals surface area (Å²) in [7, 11) is 0. The highest BCUT2D eigenvalue weighted by Crippen LogP contribution is 2.57. The molecule has 0 N–H and O–H groups in total. The van der Waals surface area contributed by atoms with Crippen LogP contribution < -0.4 is 19.6 Å². The number of hydrogen-bond donors (Lipinski definition) is 0. The van der Waals surface area contributed by atoms with Gasteiger partial charge in [-0.1, -0.05) is 170 Å². The van der Waals surface area contributed by atoms with E-state index in [1.165, 1.54) is 0 Å². The highest BCUT2D eigenvalue weighted by Gasteiger charge is 2.32. The first kappa shape index (κ1) is 52.1. The number of benzene rings is 12. The molecule has 4 aromatic heterocycles.